The number of hydrogen-bond acceptors (Lipinski definition) is 3. The molecule has 0 bridgehead atoms. The maximum absolute atomic E-state index is 8.60. The van der Waals surface area contributed by atoms with Crippen LogP contribution in [0, 0.1) is 11.3 Å². The SMILES string of the molecule is N#C/C=C/c1ccc(C=Cc2cccc(OCc3ccc4ccccc4n3)c2)cc1. The Morgan fingerprint density at radius 2 is 1.53 bits per heavy atom. The molecule has 0 aliphatic carbocycles. The van der Waals surface area contributed by atoms with E-state index < -0.39 is 0 Å². The van der Waals surface area contributed by atoms with Crippen molar-refractivity contribution in [1.82, 2.24) is 4.98 Å². The number of aromatic nitrogens is 1. The third kappa shape index (κ3) is 5.01. The molecule has 1 aromatic heterocycles. The number of allylic oxidation sites excluding steroid dienone is 1. The first kappa shape index (κ1) is 19.2. The largest absolute Gasteiger partial charge is 0.487 e. The normalized spacial score (nSPS) is 11.2. The zero-order chi connectivity index (χ0) is 20.6. The van der Waals surface area contributed by atoms with Gasteiger partial charge in [0.25, 0.3) is 0 Å². The molecule has 3 heteroatoms. The van der Waals surface area contributed by atoms with Gasteiger partial charge in [0.15, 0.2) is 0 Å². The second-order valence-corrected chi connectivity index (χ2v) is 6.82. The van der Waals surface area contributed by atoms with Crippen molar-refractivity contribution in [3.05, 3.63) is 113 Å². The lowest BCUT2D eigenvalue weighted by Gasteiger charge is -2.07. The highest BCUT2D eigenvalue weighted by Gasteiger charge is 2.00. The molecule has 3 aromatic carbocycles. The third-order valence-electron chi connectivity index (χ3n) is 4.66. The summed E-state index contributed by atoms with van der Waals surface area (Å²) < 4.78 is 5.96. The van der Waals surface area contributed by atoms with E-state index in [4.69, 9.17) is 10.00 Å². The molecule has 0 unspecified atom stereocenters. The van der Waals surface area contributed by atoms with E-state index in [2.05, 4.69) is 29.3 Å². The molecule has 0 fully saturated rings. The highest BCUT2D eigenvalue weighted by molar-refractivity contribution is 5.78. The lowest BCUT2D eigenvalue weighted by molar-refractivity contribution is 0.302. The highest BCUT2D eigenvalue weighted by Crippen LogP contribution is 2.18. The molecule has 0 amide bonds. The van der Waals surface area contributed by atoms with Crippen LogP contribution in [0.25, 0.3) is 29.1 Å². The van der Waals surface area contributed by atoms with Crippen molar-refractivity contribution in [2.75, 3.05) is 0 Å². The molecular formula is C27H20N2O. The maximum Gasteiger partial charge on any atom is 0.130 e. The van der Waals surface area contributed by atoms with Gasteiger partial charge in [-0.25, -0.2) is 4.98 Å². The van der Waals surface area contributed by atoms with Crippen molar-refractivity contribution in [2.24, 2.45) is 0 Å². The first-order chi connectivity index (χ1) is 14.8. The van der Waals surface area contributed by atoms with Crippen molar-refractivity contribution in [1.29, 1.82) is 5.26 Å². The lowest BCUT2D eigenvalue weighted by atomic mass is 10.1. The quantitative estimate of drug-likeness (QED) is 0.279. The fourth-order valence-corrected chi connectivity index (χ4v) is 3.10. The van der Waals surface area contributed by atoms with Crippen LogP contribution in [0.2, 0.25) is 0 Å². The average Bonchev–Trinajstić information content (AvgIpc) is 2.81. The molecule has 0 aliphatic heterocycles. The van der Waals surface area contributed by atoms with Crippen LogP contribution in [0.5, 0.6) is 5.75 Å². The van der Waals surface area contributed by atoms with Crippen LogP contribution in [-0.4, -0.2) is 4.98 Å². The van der Waals surface area contributed by atoms with Crippen LogP contribution in [0.15, 0.2) is 91.0 Å². The minimum atomic E-state index is 0.426. The minimum absolute atomic E-state index is 0.426. The number of fused-ring (bicyclic) bond motifs is 1. The van der Waals surface area contributed by atoms with Gasteiger partial charge in [0.1, 0.15) is 12.4 Å². The number of rotatable bonds is 6. The van der Waals surface area contributed by atoms with Gasteiger partial charge in [-0.15, -0.1) is 0 Å². The molecular weight excluding hydrogens is 368 g/mol. The van der Waals surface area contributed by atoms with E-state index in [9.17, 15) is 0 Å². The van der Waals surface area contributed by atoms with E-state index in [-0.39, 0.29) is 0 Å². The van der Waals surface area contributed by atoms with Crippen LogP contribution in [0.1, 0.15) is 22.4 Å². The number of pyridine rings is 1. The standard InChI is InChI=1S/C27H20N2O/c28-18-4-6-21-10-12-22(13-11-21)14-15-23-5-3-8-26(19-23)30-20-25-17-16-24-7-1-2-9-27(24)29-25/h1-17,19H,20H2/b6-4+,15-14?. The molecule has 0 saturated carbocycles. The summed E-state index contributed by atoms with van der Waals surface area (Å²) in [5.74, 6) is 0.809. The van der Waals surface area contributed by atoms with Gasteiger partial charge < -0.3 is 4.74 Å². The molecule has 0 spiro atoms. The van der Waals surface area contributed by atoms with E-state index in [1.807, 2.05) is 78.9 Å². The second kappa shape index (κ2) is 9.36. The Kier molecular flexibility index (Phi) is 5.98. The van der Waals surface area contributed by atoms with E-state index >= 15 is 0 Å². The van der Waals surface area contributed by atoms with Crippen molar-refractivity contribution in [3.63, 3.8) is 0 Å². The Hall–Kier alpha value is -4.16. The lowest BCUT2D eigenvalue weighted by Crippen LogP contribution is -1.98. The van der Waals surface area contributed by atoms with Gasteiger partial charge in [0, 0.05) is 11.5 Å². The second-order valence-electron chi connectivity index (χ2n) is 6.82. The van der Waals surface area contributed by atoms with Gasteiger partial charge in [0.05, 0.1) is 17.3 Å². The van der Waals surface area contributed by atoms with Gasteiger partial charge in [-0.1, -0.05) is 72.8 Å². The summed E-state index contributed by atoms with van der Waals surface area (Å²) in [6.45, 7) is 0.426. The predicted octanol–water partition coefficient (Wildman–Crippen LogP) is 6.52. The number of benzene rings is 3. The van der Waals surface area contributed by atoms with E-state index in [0.717, 1.165) is 39.0 Å². The Bertz CT molecular complexity index is 1250. The number of ether oxygens (including phenoxy) is 1. The van der Waals surface area contributed by atoms with Crippen molar-refractivity contribution in [3.8, 4) is 11.8 Å². The third-order valence-corrected chi connectivity index (χ3v) is 4.66. The summed E-state index contributed by atoms with van der Waals surface area (Å²) in [6, 6.07) is 30.2. The molecule has 4 aromatic rings. The zero-order valence-electron chi connectivity index (χ0n) is 16.4. The topological polar surface area (TPSA) is 45.9 Å². The Morgan fingerprint density at radius 1 is 0.767 bits per heavy atom. The van der Waals surface area contributed by atoms with Crippen molar-refractivity contribution >= 4 is 29.1 Å². The van der Waals surface area contributed by atoms with Gasteiger partial charge in [-0.2, -0.15) is 5.26 Å². The maximum atomic E-state index is 8.60. The smallest absolute Gasteiger partial charge is 0.130 e. The van der Waals surface area contributed by atoms with Crippen LogP contribution in [-0.2, 0) is 6.61 Å². The molecule has 0 saturated heterocycles. The van der Waals surface area contributed by atoms with Crippen molar-refractivity contribution < 1.29 is 4.74 Å². The summed E-state index contributed by atoms with van der Waals surface area (Å²) in [5, 5.41) is 9.73. The summed E-state index contributed by atoms with van der Waals surface area (Å²) in [4.78, 5) is 4.65. The molecule has 4 rings (SSSR count). The van der Waals surface area contributed by atoms with Gasteiger partial charge in [0.2, 0.25) is 0 Å². The Labute approximate surface area is 176 Å². The van der Waals surface area contributed by atoms with E-state index in [0.29, 0.717) is 6.61 Å². The summed E-state index contributed by atoms with van der Waals surface area (Å²) in [6.07, 6.45) is 7.38. The molecule has 1 heterocycles. The zero-order valence-corrected chi connectivity index (χ0v) is 16.4. The number of para-hydroxylation sites is 1. The summed E-state index contributed by atoms with van der Waals surface area (Å²) in [5.41, 5.74) is 5.04. The molecule has 144 valence electrons. The Morgan fingerprint density at radius 3 is 2.37 bits per heavy atom. The number of hydrogen-bond donors (Lipinski definition) is 0. The number of nitriles is 1. The molecule has 30 heavy (non-hydrogen) atoms. The van der Waals surface area contributed by atoms with Crippen LogP contribution in [0.4, 0.5) is 0 Å². The molecule has 0 atom stereocenters. The highest BCUT2D eigenvalue weighted by atomic mass is 16.5. The monoisotopic (exact) mass is 388 g/mol. The molecule has 0 aliphatic rings. The van der Waals surface area contributed by atoms with E-state index in [1.54, 1.807) is 6.08 Å². The molecule has 3 nitrogen and oxygen atoms in total. The fraction of sp³-hybridized carbons (Fsp3) is 0.0370. The van der Waals surface area contributed by atoms with Gasteiger partial charge in [-0.3, -0.25) is 0 Å². The predicted molar refractivity (Wildman–Crippen MR) is 123 cm³/mol. The molecule has 0 N–H and O–H groups in total. The molecule has 0 radical (unpaired) electrons. The average molecular weight is 388 g/mol. The van der Waals surface area contributed by atoms with E-state index in [1.165, 1.54) is 6.08 Å². The van der Waals surface area contributed by atoms with Crippen LogP contribution in [0.3, 0.4) is 0 Å². The summed E-state index contributed by atoms with van der Waals surface area (Å²) in [7, 11) is 0. The summed E-state index contributed by atoms with van der Waals surface area (Å²) >= 11 is 0. The first-order valence-corrected chi connectivity index (χ1v) is 9.72. The van der Waals surface area contributed by atoms with Gasteiger partial charge in [-0.05, 0) is 47.0 Å². The van der Waals surface area contributed by atoms with Crippen molar-refractivity contribution in [2.45, 2.75) is 6.61 Å². The Balaban J connectivity index is 1.41. The minimum Gasteiger partial charge on any atom is -0.487 e. The first-order valence-electron chi connectivity index (χ1n) is 9.72. The number of nitrogens with zero attached hydrogens (tertiary/aromatic N) is 2. The van der Waals surface area contributed by atoms with Crippen LogP contribution < -0.4 is 4.74 Å². The van der Waals surface area contributed by atoms with Gasteiger partial charge >= 0.3 is 0 Å². The fourth-order valence-electron chi connectivity index (χ4n) is 3.10. The van der Waals surface area contributed by atoms with Crippen LogP contribution >= 0.6 is 0 Å².